The lowest BCUT2D eigenvalue weighted by molar-refractivity contribution is -0.144. The van der Waals surface area contributed by atoms with Crippen LogP contribution in [0.1, 0.15) is 43.4 Å². The molecular weight excluding hydrogens is 348 g/mol. The van der Waals surface area contributed by atoms with E-state index in [-0.39, 0.29) is 18.4 Å². The first-order valence-electron chi connectivity index (χ1n) is 9.39. The first kappa shape index (κ1) is 17.6. The number of likely N-dealkylation sites (tertiary alicyclic amines) is 1. The van der Waals surface area contributed by atoms with Gasteiger partial charge in [-0.05, 0) is 30.2 Å². The van der Waals surface area contributed by atoms with Crippen LogP contribution in [0, 0.1) is 6.92 Å². The maximum Gasteiger partial charge on any atom is 0.244 e. The van der Waals surface area contributed by atoms with E-state index in [0.29, 0.717) is 44.7 Å². The molecule has 10 nitrogen and oxygen atoms in total. The van der Waals surface area contributed by atoms with Crippen molar-refractivity contribution in [2.24, 2.45) is 0 Å². The predicted octanol–water partition coefficient (Wildman–Crippen LogP) is 0.0172. The predicted molar refractivity (Wildman–Crippen MR) is 94.3 cm³/mol. The van der Waals surface area contributed by atoms with E-state index < -0.39 is 5.54 Å². The third kappa shape index (κ3) is 2.88. The number of carbonyl (C=O) groups excluding carboxylic acids is 2. The molecule has 1 fully saturated rings. The second kappa shape index (κ2) is 6.75. The quantitative estimate of drug-likeness (QED) is 0.812. The van der Waals surface area contributed by atoms with Crippen LogP contribution in [0.5, 0.6) is 0 Å². The van der Waals surface area contributed by atoms with Crippen molar-refractivity contribution in [1.82, 2.24) is 40.0 Å². The Bertz CT molecular complexity index is 849. The maximum atomic E-state index is 12.7. The Morgan fingerprint density at radius 3 is 2.67 bits per heavy atom. The highest BCUT2D eigenvalue weighted by Gasteiger charge is 2.48. The molecule has 2 aromatic heterocycles. The van der Waals surface area contributed by atoms with Crippen molar-refractivity contribution in [2.75, 3.05) is 19.6 Å². The zero-order chi connectivity index (χ0) is 19.0. The average molecular weight is 372 g/mol. The summed E-state index contributed by atoms with van der Waals surface area (Å²) in [7, 11) is 0. The van der Waals surface area contributed by atoms with Gasteiger partial charge >= 0.3 is 0 Å². The van der Waals surface area contributed by atoms with E-state index in [2.05, 4.69) is 25.5 Å². The molecule has 2 aliphatic rings. The summed E-state index contributed by atoms with van der Waals surface area (Å²) in [5.41, 5.74) is 1.67. The number of aryl methyl sites for hydroxylation is 1. The summed E-state index contributed by atoms with van der Waals surface area (Å²) in [6.07, 6.45) is 4.37. The highest BCUT2D eigenvalue weighted by molar-refractivity contribution is 5.78. The molecule has 0 atom stereocenters. The van der Waals surface area contributed by atoms with Gasteiger partial charge in [0.2, 0.25) is 11.8 Å². The van der Waals surface area contributed by atoms with Crippen molar-refractivity contribution in [3.63, 3.8) is 0 Å². The number of H-pyrrole nitrogens is 1. The minimum Gasteiger partial charge on any atom is -0.348 e. The molecule has 2 aliphatic heterocycles. The molecule has 4 heterocycles. The number of tetrazole rings is 1. The van der Waals surface area contributed by atoms with Crippen LogP contribution >= 0.6 is 0 Å². The van der Waals surface area contributed by atoms with Gasteiger partial charge in [0.25, 0.3) is 0 Å². The van der Waals surface area contributed by atoms with Crippen LogP contribution in [0.4, 0.5) is 0 Å². The summed E-state index contributed by atoms with van der Waals surface area (Å²) in [4.78, 5) is 36.9. The number of aromatic amines is 1. The summed E-state index contributed by atoms with van der Waals surface area (Å²) in [5, 5.41) is 11.2. The van der Waals surface area contributed by atoms with Gasteiger partial charge in [0.15, 0.2) is 0 Å². The number of piperidine rings is 1. The monoisotopic (exact) mass is 372 g/mol. The topological polar surface area (TPSA) is 113 Å². The van der Waals surface area contributed by atoms with Gasteiger partial charge in [-0.25, -0.2) is 9.67 Å². The second-order valence-electron chi connectivity index (χ2n) is 7.17. The van der Waals surface area contributed by atoms with Crippen LogP contribution in [0.3, 0.4) is 0 Å². The van der Waals surface area contributed by atoms with E-state index in [9.17, 15) is 9.59 Å². The number of amides is 2. The molecule has 0 bridgehead atoms. The summed E-state index contributed by atoms with van der Waals surface area (Å²) in [5.74, 6) is 0.754. The molecular formula is C17H24N8O2. The Hall–Kier alpha value is -2.78. The molecule has 27 heavy (non-hydrogen) atoms. The van der Waals surface area contributed by atoms with Gasteiger partial charge in [0.05, 0.1) is 17.6 Å². The maximum absolute atomic E-state index is 12.7. The number of aromatic nitrogens is 6. The van der Waals surface area contributed by atoms with E-state index in [1.807, 2.05) is 16.7 Å². The van der Waals surface area contributed by atoms with E-state index in [4.69, 9.17) is 0 Å². The number of imidazole rings is 1. The standard InChI is InChI=1S/C17H24N8O2/c1-3-14(26)24-7-4-13-16(19-11-18-13)17(24)5-8-23(9-6-17)15(27)10-25-12(2)20-21-22-25/h11H,3-10H2,1-2H3,(H,18,19). The van der Waals surface area contributed by atoms with Gasteiger partial charge in [0.1, 0.15) is 12.4 Å². The lowest BCUT2D eigenvalue weighted by Gasteiger charge is -2.50. The summed E-state index contributed by atoms with van der Waals surface area (Å²) >= 11 is 0. The van der Waals surface area contributed by atoms with Crippen LogP contribution in [-0.4, -0.2) is 71.4 Å². The highest BCUT2D eigenvalue weighted by Crippen LogP contribution is 2.42. The highest BCUT2D eigenvalue weighted by atomic mass is 16.2. The fourth-order valence-electron chi connectivity index (χ4n) is 4.29. The number of hydrogen-bond donors (Lipinski definition) is 1. The molecule has 2 aromatic rings. The van der Waals surface area contributed by atoms with Crippen molar-refractivity contribution in [3.8, 4) is 0 Å². The van der Waals surface area contributed by atoms with Crippen molar-refractivity contribution in [1.29, 1.82) is 0 Å². The van der Waals surface area contributed by atoms with Crippen LogP contribution in [0.2, 0.25) is 0 Å². The Morgan fingerprint density at radius 1 is 1.22 bits per heavy atom. The number of nitrogens with one attached hydrogen (secondary N) is 1. The van der Waals surface area contributed by atoms with Crippen molar-refractivity contribution >= 4 is 11.8 Å². The first-order chi connectivity index (χ1) is 13.0. The van der Waals surface area contributed by atoms with Crippen molar-refractivity contribution in [2.45, 2.75) is 51.6 Å². The van der Waals surface area contributed by atoms with Crippen LogP contribution in [0.25, 0.3) is 0 Å². The molecule has 0 unspecified atom stereocenters. The SMILES string of the molecule is CCC(=O)N1CCc2[nH]cnc2C12CCN(C(=O)Cn1nnnc1C)CC2. The Balaban J connectivity index is 1.53. The number of rotatable bonds is 3. The molecule has 10 heteroatoms. The molecule has 1 saturated heterocycles. The normalized spacial score (nSPS) is 18.6. The number of carbonyl (C=O) groups is 2. The minimum absolute atomic E-state index is 0.00770. The molecule has 0 aromatic carbocycles. The van der Waals surface area contributed by atoms with E-state index in [1.54, 1.807) is 13.3 Å². The van der Waals surface area contributed by atoms with Crippen molar-refractivity contribution < 1.29 is 9.59 Å². The van der Waals surface area contributed by atoms with Gasteiger partial charge in [-0.3, -0.25) is 9.59 Å². The minimum atomic E-state index is -0.414. The fourth-order valence-corrected chi connectivity index (χ4v) is 4.29. The smallest absolute Gasteiger partial charge is 0.244 e. The Morgan fingerprint density at radius 2 is 2.00 bits per heavy atom. The van der Waals surface area contributed by atoms with Crippen molar-refractivity contribution in [3.05, 3.63) is 23.5 Å². The number of hydrogen-bond acceptors (Lipinski definition) is 6. The van der Waals surface area contributed by atoms with Crippen LogP contribution in [-0.2, 0) is 28.1 Å². The average Bonchev–Trinajstić information content (AvgIpc) is 3.32. The molecule has 144 valence electrons. The first-order valence-corrected chi connectivity index (χ1v) is 9.39. The van der Waals surface area contributed by atoms with E-state index in [1.165, 1.54) is 4.68 Å². The lowest BCUT2D eigenvalue weighted by atomic mass is 9.78. The van der Waals surface area contributed by atoms with Gasteiger partial charge < -0.3 is 14.8 Å². The lowest BCUT2D eigenvalue weighted by Crippen LogP contribution is -2.59. The van der Waals surface area contributed by atoms with E-state index >= 15 is 0 Å². The molecule has 0 aliphatic carbocycles. The Kier molecular flexibility index (Phi) is 4.40. The largest absolute Gasteiger partial charge is 0.348 e. The summed E-state index contributed by atoms with van der Waals surface area (Å²) in [6.45, 7) is 5.66. The molecule has 1 N–H and O–H groups in total. The fraction of sp³-hybridized carbons (Fsp3) is 0.647. The van der Waals surface area contributed by atoms with Gasteiger partial charge in [-0.1, -0.05) is 6.92 Å². The molecule has 1 spiro atoms. The third-order valence-electron chi connectivity index (χ3n) is 5.80. The van der Waals surface area contributed by atoms with Crippen LogP contribution in [0.15, 0.2) is 6.33 Å². The molecule has 4 rings (SSSR count). The van der Waals surface area contributed by atoms with Crippen LogP contribution < -0.4 is 0 Å². The molecule has 0 radical (unpaired) electrons. The van der Waals surface area contributed by atoms with E-state index in [0.717, 1.165) is 17.8 Å². The van der Waals surface area contributed by atoms with Gasteiger partial charge in [0, 0.05) is 38.2 Å². The Labute approximate surface area is 156 Å². The third-order valence-corrected chi connectivity index (χ3v) is 5.80. The zero-order valence-electron chi connectivity index (χ0n) is 15.7. The molecule has 2 amide bonds. The summed E-state index contributed by atoms with van der Waals surface area (Å²) < 4.78 is 1.51. The number of nitrogens with zero attached hydrogens (tertiary/aromatic N) is 7. The summed E-state index contributed by atoms with van der Waals surface area (Å²) in [6, 6.07) is 0. The van der Waals surface area contributed by atoms with Gasteiger partial charge in [-0.15, -0.1) is 5.10 Å². The zero-order valence-corrected chi connectivity index (χ0v) is 15.7. The second-order valence-corrected chi connectivity index (χ2v) is 7.17. The molecule has 0 saturated carbocycles. The number of fused-ring (bicyclic) bond motifs is 2. The van der Waals surface area contributed by atoms with Gasteiger partial charge in [-0.2, -0.15) is 0 Å².